The van der Waals surface area contributed by atoms with Gasteiger partial charge >= 0.3 is 0 Å². The fourth-order valence-electron chi connectivity index (χ4n) is 4.75. The summed E-state index contributed by atoms with van der Waals surface area (Å²) in [7, 11) is 0. The van der Waals surface area contributed by atoms with Crippen LogP contribution in [0.2, 0.25) is 0 Å². The van der Waals surface area contributed by atoms with E-state index in [-0.39, 0.29) is 5.41 Å². The fraction of sp³-hybridized carbons (Fsp3) is 0.762. The highest BCUT2D eigenvalue weighted by Crippen LogP contribution is 2.43. The molecular weight excluding hydrogens is 340 g/mol. The van der Waals surface area contributed by atoms with Gasteiger partial charge in [-0.05, 0) is 57.3 Å². The number of aromatic nitrogens is 2. The maximum absolute atomic E-state index is 11.9. The Kier molecular flexibility index (Phi) is 6.68. The third kappa shape index (κ3) is 4.98. The Bertz CT molecular complexity index is 635. The molecule has 6 nitrogen and oxygen atoms in total. The van der Waals surface area contributed by atoms with Crippen molar-refractivity contribution in [2.24, 2.45) is 11.1 Å². The lowest BCUT2D eigenvalue weighted by molar-refractivity contribution is 0.0346. The third-order valence-corrected chi connectivity index (χ3v) is 6.50. The minimum Gasteiger partial charge on any atom is -0.379 e. The van der Waals surface area contributed by atoms with Crippen LogP contribution in [-0.2, 0) is 11.2 Å². The third-order valence-electron chi connectivity index (χ3n) is 6.50. The molecule has 0 saturated heterocycles. The minimum absolute atomic E-state index is 0.255. The van der Waals surface area contributed by atoms with Crippen LogP contribution in [0, 0.1) is 5.41 Å². The Morgan fingerprint density at radius 2 is 1.96 bits per heavy atom. The summed E-state index contributed by atoms with van der Waals surface area (Å²) in [5.74, 6) is 0.192. The van der Waals surface area contributed by atoms with E-state index < -0.39 is 5.91 Å². The Hall–Kier alpha value is -1.69. The van der Waals surface area contributed by atoms with E-state index in [1.165, 1.54) is 25.7 Å². The molecule has 0 atom stereocenters. The van der Waals surface area contributed by atoms with Crippen molar-refractivity contribution < 1.29 is 9.53 Å². The number of amides is 1. The highest BCUT2D eigenvalue weighted by molar-refractivity contribution is 5.93. The molecule has 0 radical (unpaired) electrons. The standard InChI is InChI=1S/C21H34N4O2/c1-3-21(11-5-6-12-21)13-18-17(19(22)26)14-23-20(25-18)24-15-7-9-16(10-8-15)27-4-2/h14-16H,3-13H2,1-2H3,(H2,22,26)(H,23,24,25). The van der Waals surface area contributed by atoms with Crippen molar-refractivity contribution in [1.82, 2.24) is 9.97 Å². The molecule has 0 bridgehead atoms. The van der Waals surface area contributed by atoms with Gasteiger partial charge in [0.1, 0.15) is 0 Å². The summed E-state index contributed by atoms with van der Waals surface area (Å²) >= 11 is 0. The van der Waals surface area contributed by atoms with Crippen LogP contribution in [0.5, 0.6) is 0 Å². The second-order valence-electron chi connectivity index (χ2n) is 8.23. The Morgan fingerprint density at radius 3 is 2.56 bits per heavy atom. The summed E-state index contributed by atoms with van der Waals surface area (Å²) < 4.78 is 5.73. The average Bonchev–Trinajstić information content (AvgIpc) is 3.12. The molecule has 2 aliphatic rings. The van der Waals surface area contributed by atoms with Crippen molar-refractivity contribution in [2.45, 2.75) is 90.2 Å². The summed E-state index contributed by atoms with van der Waals surface area (Å²) in [6, 6.07) is 0.362. The number of rotatable bonds is 8. The maximum Gasteiger partial charge on any atom is 0.252 e. The molecule has 0 aromatic carbocycles. The molecule has 6 heteroatoms. The number of nitrogens with zero attached hydrogens (tertiary/aromatic N) is 2. The minimum atomic E-state index is -0.432. The summed E-state index contributed by atoms with van der Waals surface area (Å²) in [5.41, 5.74) is 7.14. The second kappa shape index (κ2) is 9.00. The Balaban J connectivity index is 1.71. The molecule has 3 N–H and O–H groups in total. The van der Waals surface area contributed by atoms with Gasteiger partial charge in [-0.3, -0.25) is 4.79 Å². The molecule has 27 heavy (non-hydrogen) atoms. The molecule has 2 saturated carbocycles. The smallest absolute Gasteiger partial charge is 0.252 e. The van der Waals surface area contributed by atoms with E-state index in [1.807, 2.05) is 6.92 Å². The largest absolute Gasteiger partial charge is 0.379 e. The zero-order valence-electron chi connectivity index (χ0n) is 16.8. The predicted octanol–water partition coefficient (Wildman–Crippen LogP) is 3.85. The Morgan fingerprint density at radius 1 is 1.26 bits per heavy atom. The summed E-state index contributed by atoms with van der Waals surface area (Å²) in [5, 5.41) is 3.48. The van der Waals surface area contributed by atoms with Crippen LogP contribution in [0.3, 0.4) is 0 Å². The maximum atomic E-state index is 11.9. The van der Waals surface area contributed by atoms with Gasteiger partial charge in [-0.2, -0.15) is 0 Å². The van der Waals surface area contributed by atoms with E-state index in [0.717, 1.165) is 50.8 Å². The number of carbonyl (C=O) groups excluding carboxylic acids is 1. The highest BCUT2D eigenvalue weighted by atomic mass is 16.5. The van der Waals surface area contributed by atoms with Crippen molar-refractivity contribution in [2.75, 3.05) is 11.9 Å². The second-order valence-corrected chi connectivity index (χ2v) is 8.23. The number of hydrogen-bond acceptors (Lipinski definition) is 5. The molecule has 2 aliphatic carbocycles. The van der Waals surface area contributed by atoms with E-state index in [4.69, 9.17) is 15.5 Å². The molecule has 0 aliphatic heterocycles. The molecule has 3 rings (SSSR count). The van der Waals surface area contributed by atoms with Crippen molar-refractivity contribution in [3.8, 4) is 0 Å². The van der Waals surface area contributed by atoms with Gasteiger partial charge in [0.2, 0.25) is 5.95 Å². The number of primary amides is 1. The highest BCUT2D eigenvalue weighted by Gasteiger charge is 2.34. The molecule has 1 heterocycles. The van der Waals surface area contributed by atoms with Gasteiger partial charge in [0.15, 0.2) is 0 Å². The number of carbonyl (C=O) groups is 1. The molecule has 1 aromatic heterocycles. The molecule has 0 spiro atoms. The predicted molar refractivity (Wildman–Crippen MR) is 107 cm³/mol. The first-order valence-electron chi connectivity index (χ1n) is 10.6. The van der Waals surface area contributed by atoms with Crippen LogP contribution in [-0.4, -0.2) is 34.6 Å². The lowest BCUT2D eigenvalue weighted by Gasteiger charge is -2.30. The summed E-state index contributed by atoms with van der Waals surface area (Å²) in [6.45, 7) is 5.07. The first-order valence-corrected chi connectivity index (χ1v) is 10.6. The quantitative estimate of drug-likeness (QED) is 0.721. The normalized spacial score (nSPS) is 24.7. The lowest BCUT2D eigenvalue weighted by atomic mass is 9.78. The van der Waals surface area contributed by atoms with Crippen LogP contribution in [0.1, 0.15) is 87.7 Å². The fourth-order valence-corrected chi connectivity index (χ4v) is 4.75. The molecule has 1 aromatic rings. The van der Waals surface area contributed by atoms with Gasteiger partial charge in [-0.1, -0.05) is 26.2 Å². The van der Waals surface area contributed by atoms with E-state index in [2.05, 4.69) is 17.2 Å². The van der Waals surface area contributed by atoms with Crippen LogP contribution < -0.4 is 11.1 Å². The lowest BCUT2D eigenvalue weighted by Crippen LogP contribution is -2.31. The van der Waals surface area contributed by atoms with Crippen LogP contribution in [0.4, 0.5) is 5.95 Å². The molecule has 2 fully saturated rings. The molecule has 0 unspecified atom stereocenters. The topological polar surface area (TPSA) is 90.1 Å². The van der Waals surface area contributed by atoms with Gasteiger partial charge in [-0.25, -0.2) is 9.97 Å². The van der Waals surface area contributed by atoms with E-state index in [1.54, 1.807) is 6.20 Å². The van der Waals surface area contributed by atoms with Gasteiger partial charge in [0.05, 0.1) is 17.4 Å². The van der Waals surface area contributed by atoms with Crippen molar-refractivity contribution in [1.29, 1.82) is 0 Å². The van der Waals surface area contributed by atoms with Gasteiger partial charge in [0, 0.05) is 18.8 Å². The zero-order valence-corrected chi connectivity index (χ0v) is 16.8. The van der Waals surface area contributed by atoms with Gasteiger partial charge in [0.25, 0.3) is 5.91 Å². The SMILES string of the molecule is CCOC1CCC(Nc2ncc(C(N)=O)c(CC3(CC)CCCC3)n2)CC1. The van der Waals surface area contributed by atoms with E-state index >= 15 is 0 Å². The van der Waals surface area contributed by atoms with Crippen molar-refractivity contribution in [3.05, 3.63) is 17.5 Å². The van der Waals surface area contributed by atoms with Crippen molar-refractivity contribution in [3.63, 3.8) is 0 Å². The zero-order chi connectivity index (χ0) is 19.3. The number of anilines is 1. The first-order chi connectivity index (χ1) is 13.0. The monoisotopic (exact) mass is 374 g/mol. The van der Waals surface area contributed by atoms with Gasteiger partial charge in [-0.15, -0.1) is 0 Å². The summed E-state index contributed by atoms with van der Waals surface area (Å²) in [4.78, 5) is 21.0. The number of hydrogen-bond donors (Lipinski definition) is 2. The molecule has 150 valence electrons. The van der Waals surface area contributed by atoms with E-state index in [9.17, 15) is 4.79 Å². The van der Waals surface area contributed by atoms with Crippen molar-refractivity contribution >= 4 is 11.9 Å². The van der Waals surface area contributed by atoms with Crippen LogP contribution >= 0.6 is 0 Å². The van der Waals surface area contributed by atoms with E-state index in [0.29, 0.717) is 23.7 Å². The molecule has 1 amide bonds. The number of ether oxygens (including phenoxy) is 1. The number of nitrogens with two attached hydrogens (primary N) is 1. The van der Waals surface area contributed by atoms with Gasteiger partial charge < -0.3 is 15.8 Å². The van der Waals surface area contributed by atoms with Crippen LogP contribution in [0.15, 0.2) is 6.20 Å². The number of nitrogens with one attached hydrogen (secondary N) is 1. The average molecular weight is 375 g/mol. The Labute approximate surface area is 162 Å². The van der Waals surface area contributed by atoms with Crippen LogP contribution in [0.25, 0.3) is 0 Å². The first kappa shape index (κ1) is 20.1. The summed E-state index contributed by atoms with van der Waals surface area (Å²) in [6.07, 6.45) is 13.1. The molecular formula is C21H34N4O2.